The van der Waals surface area contributed by atoms with Gasteiger partial charge in [-0.3, -0.25) is 14.5 Å². The van der Waals surface area contributed by atoms with Gasteiger partial charge in [0, 0.05) is 30.8 Å². The Labute approximate surface area is 159 Å². The SMILES string of the molecule is O=C(CCCN1C(=O)/C(=C\c2ccco2)SC1=S)Nc1cccc(O)c1. The third kappa shape index (κ3) is 4.53. The Balaban J connectivity index is 1.51. The lowest BCUT2D eigenvalue weighted by molar-refractivity contribution is -0.122. The van der Waals surface area contributed by atoms with Crippen molar-refractivity contribution < 1.29 is 19.1 Å². The van der Waals surface area contributed by atoms with Gasteiger partial charge in [0.25, 0.3) is 5.91 Å². The third-order valence-corrected chi connectivity index (χ3v) is 4.98. The number of carbonyl (C=O) groups is 2. The highest BCUT2D eigenvalue weighted by molar-refractivity contribution is 8.26. The number of thioether (sulfide) groups is 1. The smallest absolute Gasteiger partial charge is 0.266 e. The molecule has 8 heteroatoms. The molecular weight excluding hydrogens is 372 g/mol. The maximum Gasteiger partial charge on any atom is 0.266 e. The van der Waals surface area contributed by atoms with Crippen LogP contribution in [0.15, 0.2) is 52.0 Å². The standard InChI is InChI=1S/C18H16N2O4S2/c21-13-5-1-4-12(10-13)19-16(22)7-2-8-20-17(23)15(26-18(20)25)11-14-6-3-9-24-14/h1,3-6,9-11,21H,2,7-8H2,(H,19,22)/b15-11+. The Morgan fingerprint density at radius 2 is 2.19 bits per heavy atom. The molecule has 0 spiro atoms. The van der Waals surface area contributed by atoms with Crippen molar-refractivity contribution in [3.05, 3.63) is 53.3 Å². The molecule has 1 aromatic carbocycles. The zero-order chi connectivity index (χ0) is 18.5. The van der Waals surface area contributed by atoms with E-state index in [4.69, 9.17) is 16.6 Å². The predicted octanol–water partition coefficient (Wildman–Crippen LogP) is 3.61. The number of anilines is 1. The van der Waals surface area contributed by atoms with E-state index >= 15 is 0 Å². The fourth-order valence-electron chi connectivity index (χ4n) is 2.40. The highest BCUT2D eigenvalue weighted by Gasteiger charge is 2.31. The number of rotatable bonds is 6. The molecule has 0 atom stereocenters. The number of nitrogens with one attached hydrogen (secondary N) is 1. The van der Waals surface area contributed by atoms with E-state index in [1.807, 2.05) is 0 Å². The lowest BCUT2D eigenvalue weighted by atomic mass is 10.2. The van der Waals surface area contributed by atoms with Gasteiger partial charge in [-0.15, -0.1) is 0 Å². The van der Waals surface area contributed by atoms with E-state index in [0.717, 1.165) is 0 Å². The molecule has 134 valence electrons. The first-order chi connectivity index (χ1) is 12.5. The molecule has 2 heterocycles. The first-order valence-corrected chi connectivity index (χ1v) is 9.13. The van der Waals surface area contributed by atoms with Crippen LogP contribution in [0.5, 0.6) is 5.75 Å². The van der Waals surface area contributed by atoms with Crippen LogP contribution in [0.25, 0.3) is 6.08 Å². The molecule has 0 unspecified atom stereocenters. The van der Waals surface area contributed by atoms with Crippen molar-refractivity contribution in [2.45, 2.75) is 12.8 Å². The Kier molecular flexibility index (Phi) is 5.75. The molecule has 26 heavy (non-hydrogen) atoms. The molecule has 0 saturated carbocycles. The van der Waals surface area contributed by atoms with Crippen molar-refractivity contribution in [1.82, 2.24) is 4.90 Å². The maximum atomic E-state index is 12.4. The third-order valence-electron chi connectivity index (χ3n) is 3.61. The molecule has 1 aromatic heterocycles. The van der Waals surface area contributed by atoms with Crippen LogP contribution in [0.3, 0.4) is 0 Å². The number of nitrogens with zero attached hydrogens (tertiary/aromatic N) is 1. The van der Waals surface area contributed by atoms with Crippen molar-refractivity contribution in [2.24, 2.45) is 0 Å². The Bertz CT molecular complexity index is 862. The molecule has 1 fully saturated rings. The number of amides is 2. The number of hydrogen-bond acceptors (Lipinski definition) is 6. The number of benzene rings is 1. The summed E-state index contributed by atoms with van der Waals surface area (Å²) in [7, 11) is 0. The second-order valence-electron chi connectivity index (χ2n) is 5.55. The predicted molar refractivity (Wildman–Crippen MR) is 105 cm³/mol. The molecule has 2 aromatic rings. The lowest BCUT2D eigenvalue weighted by Gasteiger charge is -2.14. The van der Waals surface area contributed by atoms with Crippen LogP contribution in [0.1, 0.15) is 18.6 Å². The fraction of sp³-hybridized carbons (Fsp3) is 0.167. The van der Waals surface area contributed by atoms with Gasteiger partial charge in [0.15, 0.2) is 0 Å². The summed E-state index contributed by atoms with van der Waals surface area (Å²) in [6.45, 7) is 0.369. The molecule has 1 saturated heterocycles. The van der Waals surface area contributed by atoms with Crippen molar-refractivity contribution in [3.8, 4) is 5.75 Å². The molecule has 6 nitrogen and oxygen atoms in total. The van der Waals surface area contributed by atoms with Gasteiger partial charge >= 0.3 is 0 Å². The van der Waals surface area contributed by atoms with Crippen LogP contribution in [0, 0.1) is 0 Å². The molecule has 1 aliphatic rings. The Morgan fingerprint density at radius 3 is 2.92 bits per heavy atom. The minimum Gasteiger partial charge on any atom is -0.508 e. The summed E-state index contributed by atoms with van der Waals surface area (Å²) in [5.41, 5.74) is 0.530. The molecular formula is C18H16N2O4S2. The maximum absolute atomic E-state index is 12.4. The van der Waals surface area contributed by atoms with Crippen LogP contribution < -0.4 is 5.32 Å². The van der Waals surface area contributed by atoms with E-state index < -0.39 is 0 Å². The number of carbonyl (C=O) groups excluding carboxylic acids is 2. The van der Waals surface area contributed by atoms with Gasteiger partial charge in [0.2, 0.25) is 5.91 Å². The minimum atomic E-state index is -0.188. The van der Waals surface area contributed by atoms with Crippen LogP contribution in [0.2, 0.25) is 0 Å². The summed E-state index contributed by atoms with van der Waals surface area (Å²) < 4.78 is 5.69. The normalized spacial score (nSPS) is 15.7. The number of phenols is 1. The summed E-state index contributed by atoms with van der Waals surface area (Å²) in [4.78, 5) is 26.4. The van der Waals surface area contributed by atoms with Crippen molar-refractivity contribution in [1.29, 1.82) is 0 Å². The second kappa shape index (κ2) is 8.20. The number of hydrogen-bond donors (Lipinski definition) is 2. The summed E-state index contributed by atoms with van der Waals surface area (Å²) >= 11 is 6.48. The van der Waals surface area contributed by atoms with Gasteiger partial charge < -0.3 is 14.8 Å². The monoisotopic (exact) mass is 388 g/mol. The topological polar surface area (TPSA) is 82.8 Å². The molecule has 0 aliphatic carbocycles. The Hall–Kier alpha value is -2.58. The summed E-state index contributed by atoms with van der Waals surface area (Å²) in [5.74, 6) is 0.316. The van der Waals surface area contributed by atoms with Crippen molar-refractivity contribution in [3.63, 3.8) is 0 Å². The number of furan rings is 1. The average molecular weight is 388 g/mol. The van der Waals surface area contributed by atoms with Gasteiger partial charge in [-0.1, -0.05) is 30.0 Å². The number of thiocarbonyl (C=S) groups is 1. The van der Waals surface area contributed by atoms with Crippen LogP contribution in [-0.4, -0.2) is 32.7 Å². The first-order valence-electron chi connectivity index (χ1n) is 7.91. The van der Waals surface area contributed by atoms with Gasteiger partial charge in [-0.05, 0) is 30.7 Å². The van der Waals surface area contributed by atoms with E-state index in [0.29, 0.717) is 33.6 Å². The van der Waals surface area contributed by atoms with E-state index in [1.165, 1.54) is 35.1 Å². The van der Waals surface area contributed by atoms with Gasteiger partial charge in [0.05, 0.1) is 11.2 Å². The molecule has 1 aliphatic heterocycles. The number of phenolic OH excluding ortho intramolecular Hbond substituents is 1. The molecule has 0 bridgehead atoms. The zero-order valence-corrected chi connectivity index (χ0v) is 15.3. The highest BCUT2D eigenvalue weighted by Crippen LogP contribution is 2.32. The van der Waals surface area contributed by atoms with Gasteiger partial charge in [-0.2, -0.15) is 0 Å². The first kappa shape index (κ1) is 18.2. The zero-order valence-electron chi connectivity index (χ0n) is 13.7. The molecule has 2 N–H and O–H groups in total. The van der Waals surface area contributed by atoms with Gasteiger partial charge in [0.1, 0.15) is 15.8 Å². The van der Waals surface area contributed by atoms with Crippen molar-refractivity contribution >= 4 is 51.9 Å². The second-order valence-corrected chi connectivity index (χ2v) is 7.23. The van der Waals surface area contributed by atoms with Crippen molar-refractivity contribution in [2.75, 3.05) is 11.9 Å². The molecule has 2 amide bonds. The fourth-order valence-corrected chi connectivity index (χ4v) is 3.69. The van der Waals surface area contributed by atoms with Crippen LogP contribution in [0.4, 0.5) is 5.69 Å². The quantitative estimate of drug-likeness (QED) is 0.581. The number of aromatic hydroxyl groups is 1. The van der Waals surface area contributed by atoms with Crippen LogP contribution in [-0.2, 0) is 9.59 Å². The lowest BCUT2D eigenvalue weighted by Crippen LogP contribution is -2.29. The largest absolute Gasteiger partial charge is 0.508 e. The van der Waals surface area contributed by atoms with Gasteiger partial charge in [-0.25, -0.2) is 0 Å². The Morgan fingerprint density at radius 1 is 1.35 bits per heavy atom. The summed E-state index contributed by atoms with van der Waals surface area (Å²) in [6.07, 6.45) is 3.92. The van der Waals surface area contributed by atoms with E-state index in [2.05, 4.69) is 5.32 Å². The molecule has 3 rings (SSSR count). The van der Waals surface area contributed by atoms with E-state index in [-0.39, 0.29) is 24.0 Å². The highest BCUT2D eigenvalue weighted by atomic mass is 32.2. The minimum absolute atomic E-state index is 0.0868. The summed E-state index contributed by atoms with van der Waals surface area (Å²) in [6, 6.07) is 9.85. The van der Waals surface area contributed by atoms with E-state index in [9.17, 15) is 14.7 Å². The van der Waals surface area contributed by atoms with Crippen LogP contribution >= 0.6 is 24.0 Å². The van der Waals surface area contributed by atoms with E-state index in [1.54, 1.807) is 30.3 Å². The molecule has 0 radical (unpaired) electrons. The average Bonchev–Trinajstić information content (AvgIpc) is 3.19. The summed E-state index contributed by atoms with van der Waals surface area (Å²) in [5, 5.41) is 12.1.